The number of benzene rings is 4. The van der Waals surface area contributed by atoms with Crippen molar-refractivity contribution >= 4 is 33.9 Å². The van der Waals surface area contributed by atoms with E-state index in [1.54, 1.807) is 0 Å². The van der Waals surface area contributed by atoms with Crippen LogP contribution in [-0.2, 0) is 19.3 Å². The summed E-state index contributed by atoms with van der Waals surface area (Å²) in [4.78, 5) is 8.67. The molecule has 8 aliphatic carbocycles. The van der Waals surface area contributed by atoms with Crippen LogP contribution in [0.15, 0.2) is 209 Å². The summed E-state index contributed by atoms with van der Waals surface area (Å²) in [6, 6.07) is 33.0. The summed E-state index contributed by atoms with van der Waals surface area (Å²) in [6.45, 7) is 0. The van der Waals surface area contributed by atoms with Crippen LogP contribution in [0.3, 0.4) is 0 Å². The van der Waals surface area contributed by atoms with Gasteiger partial charge in [-0.05, 0) is 152 Å². The minimum atomic E-state index is -0.115. The molecule has 366 valence electrons. The van der Waals surface area contributed by atoms with E-state index in [0.717, 1.165) is 82.9 Å². The number of fused-ring (bicyclic) bond motifs is 9. The lowest BCUT2D eigenvalue weighted by atomic mass is 9.79. The fourth-order valence-corrected chi connectivity index (χ4v) is 14.9. The molecule has 0 saturated heterocycles. The fraction of sp³-hybridized carbons (Fsp3) is 0.290. The molecule has 15 rings (SSSR count). The maximum Gasteiger partial charge on any atom is 0.131 e. The number of amidine groups is 1. The number of anilines is 1. The first-order chi connectivity index (χ1) is 36.7. The Morgan fingerprint density at radius 2 is 1.59 bits per heavy atom. The zero-order valence-electron chi connectivity index (χ0n) is 42.4. The molecule has 0 spiro atoms. The fourth-order valence-electron chi connectivity index (χ4n) is 14.9. The first-order valence-corrected chi connectivity index (χ1v) is 28.1. The minimum absolute atomic E-state index is 0.0364. The molecule has 5 nitrogen and oxygen atoms in total. The average Bonchev–Trinajstić information content (AvgIpc) is 4.01. The summed E-state index contributed by atoms with van der Waals surface area (Å²) >= 11 is 0. The first kappa shape index (κ1) is 44.3. The van der Waals surface area contributed by atoms with Gasteiger partial charge in [0, 0.05) is 63.0 Å². The molecule has 10 aliphatic rings. The van der Waals surface area contributed by atoms with Crippen molar-refractivity contribution in [1.29, 1.82) is 0 Å². The van der Waals surface area contributed by atoms with E-state index in [1.165, 1.54) is 107 Å². The van der Waals surface area contributed by atoms with E-state index in [4.69, 9.17) is 4.99 Å². The van der Waals surface area contributed by atoms with Crippen LogP contribution in [0.25, 0.3) is 39.2 Å². The van der Waals surface area contributed by atoms with Gasteiger partial charge in [-0.3, -0.25) is 5.32 Å². The summed E-state index contributed by atoms with van der Waals surface area (Å²) in [5.41, 5.74) is 22.8. The molecule has 2 N–H and O–H groups in total. The van der Waals surface area contributed by atoms with Gasteiger partial charge in [0.2, 0.25) is 0 Å². The van der Waals surface area contributed by atoms with Crippen molar-refractivity contribution < 1.29 is 0 Å². The monoisotopic (exact) mass is 964 g/mol. The molecular weight excluding hydrogens is 899 g/mol. The Hall–Kier alpha value is -7.21. The highest BCUT2D eigenvalue weighted by molar-refractivity contribution is 6.04. The van der Waals surface area contributed by atoms with Crippen molar-refractivity contribution in [3.8, 4) is 16.8 Å². The van der Waals surface area contributed by atoms with Crippen LogP contribution in [0, 0.1) is 11.8 Å². The van der Waals surface area contributed by atoms with Gasteiger partial charge >= 0.3 is 0 Å². The van der Waals surface area contributed by atoms with Gasteiger partial charge in [-0.2, -0.15) is 0 Å². The quantitative estimate of drug-likeness (QED) is 0.160. The number of nitrogens with zero attached hydrogens (tertiary/aromatic N) is 3. The van der Waals surface area contributed by atoms with Crippen molar-refractivity contribution in [2.45, 2.75) is 114 Å². The molecule has 74 heavy (non-hydrogen) atoms. The van der Waals surface area contributed by atoms with E-state index in [2.05, 4.69) is 202 Å². The molecule has 1 aromatic heterocycles. The first-order valence-electron chi connectivity index (χ1n) is 28.1. The smallest absolute Gasteiger partial charge is 0.131 e. The minimum Gasteiger partial charge on any atom is -0.360 e. The molecule has 0 saturated carbocycles. The summed E-state index contributed by atoms with van der Waals surface area (Å²) in [7, 11) is 0. The van der Waals surface area contributed by atoms with Crippen LogP contribution in [0.2, 0.25) is 0 Å². The second-order valence-electron chi connectivity index (χ2n) is 22.4. The maximum atomic E-state index is 5.75. The van der Waals surface area contributed by atoms with Crippen molar-refractivity contribution in [3.05, 3.63) is 238 Å². The standard InChI is InChI=1S/C69H65N5/c1-3-18-44(19-4-1)47-23-15-26-50(40-47)67-70-68(51-27-16-24-48(41-51)45-20-5-2-6-21-45)72-69(71-67)56-37-39-63(54-30-10-9-29-53(54)56)74-60-33-13-11-31-55(60)59-42-49-25-17-35-62(58(49)43-65(59)74)73-61-34-14-12-32-57(61)66-52-28-8-7-22-46(52)36-38-64(66)73/h1-8,10-12,15,17-18,20-26,28,30-32,35,37,41-44,50,55,60,63,67-68,70H,9,13-14,16,19,27,29,33-34,36,38-40H2,(H,71,72). The number of rotatable bonds is 7. The third kappa shape index (κ3) is 7.40. The SMILES string of the molecule is C1=CCC(C2=CC=CC(C3NC(C4=CCC(N5c6cc7c(-n8c9c(c%10c8CCc8ccccc8-%10)C=CCC9)cccc7cc6C6C=CCCC65)C5=C4CCC=C5)=NC(C4=CC(c5ccccc5)=CCC4)N3)C2)C=C1. The second-order valence-corrected chi connectivity index (χ2v) is 22.4. The molecule has 0 bridgehead atoms. The largest absolute Gasteiger partial charge is 0.360 e. The third-order valence-electron chi connectivity index (χ3n) is 18.3. The van der Waals surface area contributed by atoms with Crippen LogP contribution < -0.4 is 15.5 Å². The molecule has 5 heteroatoms. The number of hydrogen-bond acceptors (Lipinski definition) is 4. The van der Waals surface area contributed by atoms with Crippen LogP contribution >= 0.6 is 0 Å². The predicted molar refractivity (Wildman–Crippen MR) is 307 cm³/mol. The predicted octanol–water partition coefficient (Wildman–Crippen LogP) is 15.0. The number of aliphatic imine (C=N–C) groups is 1. The van der Waals surface area contributed by atoms with E-state index in [9.17, 15) is 0 Å². The van der Waals surface area contributed by atoms with E-state index in [-0.39, 0.29) is 18.4 Å². The number of hydrogen-bond donors (Lipinski definition) is 2. The number of aryl methyl sites for hydroxylation is 1. The summed E-state index contributed by atoms with van der Waals surface area (Å²) in [5.74, 6) is 2.19. The van der Waals surface area contributed by atoms with Gasteiger partial charge in [0.15, 0.2) is 0 Å². The van der Waals surface area contributed by atoms with Gasteiger partial charge in [-0.1, -0.05) is 170 Å². The lowest BCUT2D eigenvalue weighted by Crippen LogP contribution is -2.58. The summed E-state index contributed by atoms with van der Waals surface area (Å²) < 4.78 is 2.71. The molecule has 0 amide bonds. The van der Waals surface area contributed by atoms with Gasteiger partial charge in [-0.15, -0.1) is 0 Å². The van der Waals surface area contributed by atoms with E-state index < -0.39 is 0 Å². The Balaban J connectivity index is 0.818. The topological polar surface area (TPSA) is 44.6 Å². The zero-order valence-corrected chi connectivity index (χ0v) is 42.4. The highest BCUT2D eigenvalue weighted by atomic mass is 15.3. The maximum absolute atomic E-state index is 5.75. The molecular formula is C69H65N5. The van der Waals surface area contributed by atoms with Crippen molar-refractivity contribution in [1.82, 2.24) is 15.2 Å². The molecule has 4 aromatic carbocycles. The van der Waals surface area contributed by atoms with Crippen molar-refractivity contribution in [2.75, 3.05) is 4.90 Å². The molecule has 3 heterocycles. The third-order valence-corrected chi connectivity index (χ3v) is 18.3. The van der Waals surface area contributed by atoms with Gasteiger partial charge < -0.3 is 14.8 Å². The second kappa shape index (κ2) is 18.3. The number of nitrogens with one attached hydrogen (secondary N) is 2. The highest BCUT2D eigenvalue weighted by Crippen LogP contribution is 2.52. The van der Waals surface area contributed by atoms with Crippen molar-refractivity contribution in [2.24, 2.45) is 16.8 Å². The Morgan fingerprint density at radius 1 is 0.676 bits per heavy atom. The molecule has 2 aliphatic heterocycles. The molecule has 5 aromatic rings. The number of aromatic nitrogens is 1. The zero-order chi connectivity index (χ0) is 48.7. The van der Waals surface area contributed by atoms with Crippen LogP contribution in [0.1, 0.15) is 104 Å². The van der Waals surface area contributed by atoms with Gasteiger partial charge in [0.1, 0.15) is 12.0 Å². The van der Waals surface area contributed by atoms with Crippen LogP contribution in [0.4, 0.5) is 5.69 Å². The van der Waals surface area contributed by atoms with E-state index in [0.29, 0.717) is 23.8 Å². The lowest BCUT2D eigenvalue weighted by Gasteiger charge is -2.43. The summed E-state index contributed by atoms with van der Waals surface area (Å²) in [6.07, 6.45) is 52.1. The Labute approximate surface area is 437 Å². The Morgan fingerprint density at radius 3 is 2.54 bits per heavy atom. The highest BCUT2D eigenvalue weighted by Gasteiger charge is 2.45. The lowest BCUT2D eigenvalue weighted by molar-refractivity contribution is 0.332. The number of allylic oxidation sites excluding steroid dienone is 13. The molecule has 7 atom stereocenters. The normalized spacial score (nSPS) is 27.2. The van der Waals surface area contributed by atoms with Crippen molar-refractivity contribution in [3.63, 3.8) is 0 Å². The molecule has 7 unspecified atom stereocenters. The molecule has 0 fully saturated rings. The van der Waals surface area contributed by atoms with Gasteiger partial charge in [0.05, 0.1) is 17.9 Å². The van der Waals surface area contributed by atoms with E-state index in [1.807, 2.05) is 0 Å². The van der Waals surface area contributed by atoms with E-state index >= 15 is 0 Å². The van der Waals surface area contributed by atoms with Gasteiger partial charge in [0.25, 0.3) is 0 Å². The Kier molecular flexibility index (Phi) is 11.0. The van der Waals surface area contributed by atoms with Crippen LogP contribution in [0.5, 0.6) is 0 Å². The average molecular weight is 964 g/mol. The summed E-state index contributed by atoms with van der Waals surface area (Å²) in [5, 5.41) is 11.0. The molecule has 0 radical (unpaired) electrons. The van der Waals surface area contributed by atoms with Crippen LogP contribution in [-0.4, -0.2) is 34.8 Å². The Bertz CT molecular complexity index is 3530. The van der Waals surface area contributed by atoms with Gasteiger partial charge in [-0.25, -0.2) is 4.99 Å².